The van der Waals surface area contributed by atoms with Crippen LogP contribution in [0.15, 0.2) is 41.3 Å². The summed E-state index contributed by atoms with van der Waals surface area (Å²) >= 11 is 0. The topological polar surface area (TPSA) is 119 Å². The maximum Gasteiger partial charge on any atom is 0.335 e. The molecule has 3 N–H and O–H groups in total. The van der Waals surface area contributed by atoms with Gasteiger partial charge in [0.15, 0.2) is 5.82 Å². The highest BCUT2D eigenvalue weighted by atomic mass is 32.2. The van der Waals surface area contributed by atoms with Crippen molar-refractivity contribution in [3.63, 3.8) is 0 Å². The molecule has 0 unspecified atom stereocenters. The molecule has 2 aromatic carbocycles. The van der Waals surface area contributed by atoms with Gasteiger partial charge in [0.05, 0.1) is 21.7 Å². The van der Waals surface area contributed by atoms with Crippen LogP contribution in [-0.2, 0) is 10.0 Å². The number of nitrogens with two attached hydrogens (primary N) is 1. The molecule has 28 heavy (non-hydrogen) atoms. The number of hydrogen-bond acceptors (Lipinski definition) is 5. The minimum Gasteiger partial charge on any atom is -0.478 e. The molecule has 8 nitrogen and oxygen atoms in total. The fourth-order valence-corrected chi connectivity index (χ4v) is 4.95. The van der Waals surface area contributed by atoms with Gasteiger partial charge in [0.2, 0.25) is 10.0 Å². The van der Waals surface area contributed by atoms with E-state index in [0.717, 1.165) is 18.9 Å². The number of nitrogens with zero attached hydrogens (tertiary/aromatic N) is 3. The molecule has 2 heterocycles. The molecule has 0 radical (unpaired) electrons. The van der Waals surface area contributed by atoms with E-state index in [1.165, 1.54) is 39.3 Å². The molecule has 0 amide bonds. The Balaban J connectivity index is 1.93. The first-order valence-corrected chi connectivity index (χ1v) is 10.0. The number of nitrogen functional groups attached to an aromatic ring is 1. The minimum absolute atomic E-state index is 0.0548. The van der Waals surface area contributed by atoms with Crippen molar-refractivity contribution in [2.45, 2.75) is 17.7 Å². The Labute approximate surface area is 160 Å². The molecule has 0 aliphatic carbocycles. The van der Waals surface area contributed by atoms with E-state index in [0.29, 0.717) is 24.0 Å². The maximum atomic E-state index is 13.5. The third-order valence-electron chi connectivity index (χ3n) is 4.76. The molecule has 0 atom stereocenters. The molecule has 0 spiro atoms. The Bertz CT molecular complexity index is 1200. The summed E-state index contributed by atoms with van der Waals surface area (Å²) in [6, 6.07) is 7.69. The maximum absolute atomic E-state index is 13.5. The number of sulfonamides is 1. The molecule has 1 aromatic heterocycles. The Morgan fingerprint density at radius 1 is 1.14 bits per heavy atom. The van der Waals surface area contributed by atoms with Gasteiger partial charge >= 0.3 is 5.97 Å². The van der Waals surface area contributed by atoms with E-state index in [9.17, 15) is 22.7 Å². The van der Waals surface area contributed by atoms with E-state index in [-0.39, 0.29) is 22.0 Å². The fourth-order valence-electron chi connectivity index (χ4n) is 3.37. The highest BCUT2D eigenvalue weighted by Crippen LogP contribution is 2.28. The van der Waals surface area contributed by atoms with E-state index in [1.54, 1.807) is 0 Å². The van der Waals surface area contributed by atoms with Crippen molar-refractivity contribution < 1.29 is 22.7 Å². The molecule has 0 bridgehead atoms. The SMILES string of the molecule is Nc1nn(-c2cc(C(=O)O)cc(S(=O)(=O)N3CCCC3)c2)c2ccc(F)cc12. The Morgan fingerprint density at radius 3 is 2.54 bits per heavy atom. The van der Waals surface area contributed by atoms with Crippen LogP contribution < -0.4 is 5.73 Å². The zero-order valence-corrected chi connectivity index (χ0v) is 15.5. The number of fused-ring (bicyclic) bond motifs is 1. The number of hydrogen-bond donors (Lipinski definition) is 2. The second-order valence-electron chi connectivity index (χ2n) is 6.59. The number of benzene rings is 2. The third kappa shape index (κ3) is 3.00. The Kier molecular flexibility index (Phi) is 4.31. The minimum atomic E-state index is -3.84. The monoisotopic (exact) mass is 404 g/mol. The van der Waals surface area contributed by atoms with Gasteiger partial charge in [0.1, 0.15) is 5.82 Å². The molecule has 1 aliphatic rings. The number of carboxylic acid groups (broad SMARTS) is 1. The number of rotatable bonds is 4. The van der Waals surface area contributed by atoms with Crippen LogP contribution in [0.5, 0.6) is 0 Å². The van der Waals surface area contributed by atoms with E-state index in [4.69, 9.17) is 5.73 Å². The summed E-state index contributed by atoms with van der Waals surface area (Å²) in [4.78, 5) is 11.5. The molecular formula is C18H17FN4O4S. The first-order chi connectivity index (χ1) is 13.3. The van der Waals surface area contributed by atoms with Crippen LogP contribution in [0.3, 0.4) is 0 Å². The van der Waals surface area contributed by atoms with Crippen molar-refractivity contribution in [3.05, 3.63) is 47.8 Å². The molecule has 1 aliphatic heterocycles. The average Bonchev–Trinajstić information content (AvgIpc) is 3.30. The second kappa shape index (κ2) is 6.57. The van der Waals surface area contributed by atoms with Gasteiger partial charge in [-0.1, -0.05) is 0 Å². The standard InChI is InChI=1S/C18H17FN4O4S/c19-12-3-4-16-15(9-12)17(20)21-23(16)13-7-11(18(24)25)8-14(10-13)28(26,27)22-5-1-2-6-22/h3-4,7-10H,1-2,5-6H2,(H2,20,21)(H,24,25). The van der Waals surface area contributed by atoms with Crippen LogP contribution >= 0.6 is 0 Å². The molecule has 1 fully saturated rings. The third-order valence-corrected chi connectivity index (χ3v) is 6.63. The van der Waals surface area contributed by atoms with Crippen molar-refractivity contribution >= 4 is 32.7 Å². The predicted molar refractivity (Wildman–Crippen MR) is 100 cm³/mol. The summed E-state index contributed by atoms with van der Waals surface area (Å²) < 4.78 is 42.1. The van der Waals surface area contributed by atoms with Crippen molar-refractivity contribution in [1.82, 2.24) is 14.1 Å². The molecule has 3 aromatic rings. The molecule has 146 valence electrons. The number of carbonyl (C=O) groups is 1. The van der Waals surface area contributed by atoms with Gasteiger partial charge in [-0.2, -0.15) is 4.31 Å². The summed E-state index contributed by atoms with van der Waals surface area (Å²) in [6.45, 7) is 0.789. The van der Waals surface area contributed by atoms with Crippen LogP contribution in [0.1, 0.15) is 23.2 Å². The average molecular weight is 404 g/mol. The van der Waals surface area contributed by atoms with Crippen molar-refractivity contribution in [2.75, 3.05) is 18.8 Å². The van der Waals surface area contributed by atoms with Gasteiger partial charge < -0.3 is 10.8 Å². The quantitative estimate of drug-likeness (QED) is 0.688. The summed E-state index contributed by atoms with van der Waals surface area (Å²) in [5.41, 5.74) is 6.32. The summed E-state index contributed by atoms with van der Waals surface area (Å²) in [7, 11) is -3.84. The first-order valence-electron chi connectivity index (χ1n) is 8.60. The number of aromatic carboxylic acids is 1. The summed E-state index contributed by atoms with van der Waals surface area (Å²) in [6.07, 6.45) is 1.52. The molecular weight excluding hydrogens is 387 g/mol. The lowest BCUT2D eigenvalue weighted by atomic mass is 10.2. The predicted octanol–water partition coefficient (Wildman–Crippen LogP) is 2.23. The van der Waals surface area contributed by atoms with Gasteiger partial charge in [0, 0.05) is 18.5 Å². The van der Waals surface area contributed by atoms with Gasteiger partial charge in [-0.05, 0) is 49.2 Å². The molecule has 1 saturated heterocycles. The molecule has 10 heteroatoms. The lowest BCUT2D eigenvalue weighted by Crippen LogP contribution is -2.28. The summed E-state index contributed by atoms with van der Waals surface area (Å²) in [5.74, 6) is -1.70. The lowest BCUT2D eigenvalue weighted by molar-refractivity contribution is 0.0696. The van der Waals surface area contributed by atoms with Crippen LogP contribution in [0, 0.1) is 5.82 Å². The largest absolute Gasteiger partial charge is 0.478 e. The first kappa shape index (κ1) is 18.4. The van der Waals surface area contributed by atoms with Crippen molar-refractivity contribution in [2.24, 2.45) is 0 Å². The fraction of sp³-hybridized carbons (Fsp3) is 0.222. The van der Waals surface area contributed by atoms with Gasteiger partial charge in [-0.25, -0.2) is 22.3 Å². The zero-order chi connectivity index (χ0) is 20.1. The Morgan fingerprint density at radius 2 is 1.86 bits per heavy atom. The van der Waals surface area contributed by atoms with Crippen LogP contribution in [0.2, 0.25) is 0 Å². The van der Waals surface area contributed by atoms with E-state index in [2.05, 4.69) is 5.10 Å². The smallest absolute Gasteiger partial charge is 0.335 e. The van der Waals surface area contributed by atoms with Gasteiger partial charge in [-0.15, -0.1) is 5.10 Å². The second-order valence-corrected chi connectivity index (χ2v) is 8.53. The van der Waals surface area contributed by atoms with Gasteiger partial charge in [0.25, 0.3) is 0 Å². The summed E-state index contributed by atoms with van der Waals surface area (Å²) in [5, 5.41) is 14.0. The van der Waals surface area contributed by atoms with Crippen molar-refractivity contribution in [1.29, 1.82) is 0 Å². The van der Waals surface area contributed by atoms with Gasteiger partial charge in [-0.3, -0.25) is 0 Å². The molecule has 0 saturated carbocycles. The number of aromatic nitrogens is 2. The van der Waals surface area contributed by atoms with Crippen molar-refractivity contribution in [3.8, 4) is 5.69 Å². The number of carboxylic acids is 1. The number of anilines is 1. The van der Waals surface area contributed by atoms with Crippen LogP contribution in [-0.4, -0.2) is 46.7 Å². The van der Waals surface area contributed by atoms with E-state index in [1.807, 2.05) is 0 Å². The van der Waals surface area contributed by atoms with Crippen LogP contribution in [0.4, 0.5) is 10.2 Å². The molecule has 4 rings (SSSR count). The van der Waals surface area contributed by atoms with E-state index >= 15 is 0 Å². The highest BCUT2D eigenvalue weighted by Gasteiger charge is 2.29. The lowest BCUT2D eigenvalue weighted by Gasteiger charge is -2.17. The Hall–Kier alpha value is -2.98. The zero-order valence-electron chi connectivity index (χ0n) is 14.7. The van der Waals surface area contributed by atoms with E-state index < -0.39 is 21.8 Å². The van der Waals surface area contributed by atoms with Crippen LogP contribution in [0.25, 0.3) is 16.6 Å². The number of halogens is 1. The normalized spacial score (nSPS) is 15.3. The highest BCUT2D eigenvalue weighted by molar-refractivity contribution is 7.89.